The molecule has 4 nitrogen and oxygen atoms in total. The van der Waals surface area contributed by atoms with Crippen LogP contribution >= 0.6 is 11.3 Å². The molecule has 1 aliphatic carbocycles. The van der Waals surface area contributed by atoms with Crippen molar-refractivity contribution in [2.75, 3.05) is 20.1 Å². The lowest BCUT2D eigenvalue weighted by Crippen LogP contribution is -2.33. The van der Waals surface area contributed by atoms with E-state index in [2.05, 4.69) is 11.2 Å². The molecule has 0 aromatic carbocycles. The van der Waals surface area contributed by atoms with E-state index in [9.17, 15) is 8.42 Å². The fraction of sp³-hybridized carbons (Fsp3) is 0.538. The van der Waals surface area contributed by atoms with Gasteiger partial charge in [-0.1, -0.05) is 5.92 Å². The van der Waals surface area contributed by atoms with Crippen LogP contribution in [0.2, 0.25) is 0 Å². The lowest BCUT2D eigenvalue weighted by molar-refractivity contribution is 0.430. The fourth-order valence-electron chi connectivity index (χ4n) is 1.85. The molecular weight excluding hydrogens is 280 g/mol. The first-order valence-corrected chi connectivity index (χ1v) is 8.55. The Labute approximate surface area is 118 Å². The van der Waals surface area contributed by atoms with Gasteiger partial charge in [-0.05, 0) is 31.9 Å². The topological polar surface area (TPSA) is 49.4 Å². The van der Waals surface area contributed by atoms with Crippen molar-refractivity contribution in [2.45, 2.75) is 24.3 Å². The van der Waals surface area contributed by atoms with E-state index in [1.54, 1.807) is 11.4 Å². The number of nitrogens with zero attached hydrogens (tertiary/aromatic N) is 1. The molecule has 1 aromatic heterocycles. The molecule has 1 saturated carbocycles. The van der Waals surface area contributed by atoms with Gasteiger partial charge in [0, 0.05) is 23.3 Å². The maximum atomic E-state index is 12.5. The number of hydrogen-bond acceptors (Lipinski definition) is 4. The Hall–Kier alpha value is -0.870. The number of nitrogens with one attached hydrogen (secondary N) is 1. The molecule has 0 unspecified atom stereocenters. The Morgan fingerprint density at radius 2 is 2.32 bits per heavy atom. The van der Waals surface area contributed by atoms with Crippen LogP contribution in [0.15, 0.2) is 16.3 Å². The van der Waals surface area contributed by atoms with Crippen LogP contribution in [0, 0.1) is 18.3 Å². The standard InChI is InChI=1S/C13H18N2O2S2/c1-3-6-15(9-11-4-5-11)19(16,17)13-7-12(8-14-2)18-10-13/h1,7,10-11,14H,4-6,8-9H2,2H3. The maximum absolute atomic E-state index is 12.5. The molecule has 0 aliphatic heterocycles. The van der Waals surface area contributed by atoms with E-state index in [0.717, 1.165) is 17.7 Å². The molecule has 1 heterocycles. The Kier molecular flexibility index (Phi) is 4.63. The lowest BCUT2D eigenvalue weighted by Gasteiger charge is -2.18. The van der Waals surface area contributed by atoms with Crippen LogP contribution in [0.5, 0.6) is 0 Å². The maximum Gasteiger partial charge on any atom is 0.244 e. The van der Waals surface area contributed by atoms with Crippen molar-refractivity contribution in [3.05, 3.63) is 16.3 Å². The van der Waals surface area contributed by atoms with Gasteiger partial charge in [0.25, 0.3) is 0 Å². The quantitative estimate of drug-likeness (QED) is 0.776. The molecule has 6 heteroatoms. The third-order valence-corrected chi connectivity index (χ3v) is 5.92. The summed E-state index contributed by atoms with van der Waals surface area (Å²) in [5, 5.41) is 4.71. The SMILES string of the molecule is C#CCN(CC1CC1)S(=O)(=O)c1csc(CNC)c1. The predicted octanol–water partition coefficient (Wildman–Crippen LogP) is 1.50. The van der Waals surface area contributed by atoms with Crippen LogP contribution in [-0.4, -0.2) is 32.9 Å². The Morgan fingerprint density at radius 3 is 2.89 bits per heavy atom. The molecule has 1 N–H and O–H groups in total. The van der Waals surface area contributed by atoms with Gasteiger partial charge in [0.15, 0.2) is 0 Å². The zero-order valence-electron chi connectivity index (χ0n) is 10.9. The minimum Gasteiger partial charge on any atom is -0.315 e. The van der Waals surface area contributed by atoms with E-state index in [0.29, 0.717) is 23.9 Å². The Bertz CT molecular complexity index is 568. The molecule has 1 aliphatic rings. The van der Waals surface area contributed by atoms with Crippen molar-refractivity contribution in [3.8, 4) is 12.3 Å². The van der Waals surface area contributed by atoms with Crippen molar-refractivity contribution in [1.29, 1.82) is 0 Å². The van der Waals surface area contributed by atoms with Gasteiger partial charge in [0.05, 0.1) is 11.4 Å². The normalized spacial score (nSPS) is 15.6. The first kappa shape index (κ1) is 14.5. The summed E-state index contributed by atoms with van der Waals surface area (Å²) in [6, 6.07) is 1.73. The molecule has 0 radical (unpaired) electrons. The first-order chi connectivity index (χ1) is 9.07. The van der Waals surface area contributed by atoms with Gasteiger partial charge in [0.1, 0.15) is 0 Å². The molecule has 0 spiro atoms. The summed E-state index contributed by atoms with van der Waals surface area (Å²) in [5.41, 5.74) is 0. The van der Waals surface area contributed by atoms with Crippen molar-refractivity contribution >= 4 is 21.4 Å². The predicted molar refractivity (Wildman–Crippen MR) is 77.4 cm³/mol. The second-order valence-electron chi connectivity index (χ2n) is 4.72. The molecular formula is C13H18N2O2S2. The number of terminal acetylenes is 1. The zero-order chi connectivity index (χ0) is 13.9. The molecule has 0 atom stereocenters. The van der Waals surface area contributed by atoms with Crippen LogP contribution in [0.1, 0.15) is 17.7 Å². The Morgan fingerprint density at radius 1 is 1.58 bits per heavy atom. The van der Waals surface area contributed by atoms with Crippen LogP contribution in [0.4, 0.5) is 0 Å². The average Bonchev–Trinajstić information content (AvgIpc) is 3.05. The first-order valence-electron chi connectivity index (χ1n) is 6.23. The highest BCUT2D eigenvalue weighted by Crippen LogP contribution is 2.32. The second kappa shape index (κ2) is 6.06. The third-order valence-electron chi connectivity index (χ3n) is 3.04. The molecule has 1 fully saturated rings. The molecule has 104 valence electrons. The summed E-state index contributed by atoms with van der Waals surface area (Å²) >= 11 is 1.45. The van der Waals surface area contributed by atoms with E-state index < -0.39 is 10.0 Å². The molecule has 0 saturated heterocycles. The molecule has 0 bridgehead atoms. The van der Waals surface area contributed by atoms with Gasteiger partial charge in [-0.25, -0.2) is 8.42 Å². The van der Waals surface area contributed by atoms with E-state index in [4.69, 9.17) is 6.42 Å². The van der Waals surface area contributed by atoms with Crippen molar-refractivity contribution in [3.63, 3.8) is 0 Å². The summed E-state index contributed by atoms with van der Waals surface area (Å²) < 4.78 is 26.5. The van der Waals surface area contributed by atoms with Gasteiger partial charge < -0.3 is 5.32 Å². The number of hydrogen-bond donors (Lipinski definition) is 1. The fourth-order valence-corrected chi connectivity index (χ4v) is 4.55. The second-order valence-corrected chi connectivity index (χ2v) is 7.66. The van der Waals surface area contributed by atoms with Gasteiger partial charge in [-0.15, -0.1) is 17.8 Å². The molecule has 2 rings (SSSR count). The highest BCUT2D eigenvalue weighted by Gasteiger charge is 2.31. The van der Waals surface area contributed by atoms with Gasteiger partial charge in [-0.3, -0.25) is 0 Å². The van der Waals surface area contributed by atoms with Crippen LogP contribution in [-0.2, 0) is 16.6 Å². The Balaban J connectivity index is 2.19. The van der Waals surface area contributed by atoms with Crippen molar-refractivity contribution in [1.82, 2.24) is 9.62 Å². The molecule has 19 heavy (non-hydrogen) atoms. The van der Waals surface area contributed by atoms with E-state index in [1.165, 1.54) is 15.6 Å². The monoisotopic (exact) mass is 298 g/mol. The summed E-state index contributed by atoms with van der Waals surface area (Å²) in [5.74, 6) is 2.93. The van der Waals surface area contributed by atoms with Crippen LogP contribution < -0.4 is 5.32 Å². The summed E-state index contributed by atoms with van der Waals surface area (Å²) in [4.78, 5) is 1.37. The summed E-state index contributed by atoms with van der Waals surface area (Å²) in [7, 11) is -1.60. The van der Waals surface area contributed by atoms with E-state index in [1.807, 2.05) is 7.05 Å². The third kappa shape index (κ3) is 3.57. The lowest BCUT2D eigenvalue weighted by atomic mass is 10.4. The van der Waals surface area contributed by atoms with Crippen LogP contribution in [0.25, 0.3) is 0 Å². The zero-order valence-corrected chi connectivity index (χ0v) is 12.6. The van der Waals surface area contributed by atoms with E-state index in [-0.39, 0.29) is 6.54 Å². The van der Waals surface area contributed by atoms with Gasteiger partial charge in [0.2, 0.25) is 10.0 Å². The highest BCUT2D eigenvalue weighted by atomic mass is 32.2. The van der Waals surface area contributed by atoms with Gasteiger partial charge in [-0.2, -0.15) is 4.31 Å². The van der Waals surface area contributed by atoms with Crippen molar-refractivity contribution in [2.24, 2.45) is 5.92 Å². The minimum absolute atomic E-state index is 0.149. The highest BCUT2D eigenvalue weighted by molar-refractivity contribution is 7.89. The number of sulfonamides is 1. The van der Waals surface area contributed by atoms with Gasteiger partial charge >= 0.3 is 0 Å². The largest absolute Gasteiger partial charge is 0.315 e. The molecule has 1 aromatic rings. The van der Waals surface area contributed by atoms with E-state index >= 15 is 0 Å². The molecule has 0 amide bonds. The minimum atomic E-state index is -3.44. The van der Waals surface area contributed by atoms with Crippen molar-refractivity contribution < 1.29 is 8.42 Å². The summed E-state index contributed by atoms with van der Waals surface area (Å²) in [6.07, 6.45) is 7.49. The van der Waals surface area contributed by atoms with Crippen LogP contribution in [0.3, 0.4) is 0 Å². The number of rotatable bonds is 7. The average molecular weight is 298 g/mol. The number of thiophene rings is 1. The smallest absolute Gasteiger partial charge is 0.244 e. The summed E-state index contributed by atoms with van der Waals surface area (Å²) in [6.45, 7) is 1.37.